The predicted molar refractivity (Wildman–Crippen MR) is 68.6 cm³/mol. The molecule has 0 saturated heterocycles. The van der Waals surface area contributed by atoms with Gasteiger partial charge in [0.2, 0.25) is 5.89 Å². The number of methoxy groups -OCH3 is 1. The summed E-state index contributed by atoms with van der Waals surface area (Å²) in [6, 6.07) is 5.49. The van der Waals surface area contributed by atoms with Crippen LogP contribution in [0.25, 0.3) is 0 Å². The molecule has 3 N–H and O–H groups in total. The third-order valence-electron chi connectivity index (χ3n) is 2.49. The number of nitrogens with two attached hydrogens (primary N) is 1. The molecule has 1 heterocycles. The third-order valence-corrected chi connectivity index (χ3v) is 2.49. The molecule has 96 valence electrons. The van der Waals surface area contributed by atoms with Crippen LogP contribution in [-0.2, 0) is 6.42 Å². The van der Waals surface area contributed by atoms with E-state index >= 15 is 0 Å². The third kappa shape index (κ3) is 2.91. The van der Waals surface area contributed by atoms with Gasteiger partial charge in [0.05, 0.1) is 18.5 Å². The number of rotatable bonds is 5. The maximum atomic E-state index is 5.86. The maximum Gasteiger partial charge on any atom is 0.223 e. The number of aromatic nitrogens is 2. The number of nitrogens with one attached hydrogen (secondary N) is 1. The molecule has 0 spiro atoms. The van der Waals surface area contributed by atoms with Crippen LogP contribution in [0, 0.1) is 6.92 Å². The Morgan fingerprint density at radius 3 is 2.94 bits per heavy atom. The Morgan fingerprint density at radius 1 is 1.44 bits per heavy atom. The van der Waals surface area contributed by atoms with Gasteiger partial charge in [-0.2, -0.15) is 4.98 Å². The fourth-order valence-electron chi connectivity index (χ4n) is 1.57. The first-order valence-corrected chi connectivity index (χ1v) is 5.65. The zero-order valence-electron chi connectivity index (χ0n) is 10.4. The van der Waals surface area contributed by atoms with Crippen molar-refractivity contribution in [3.63, 3.8) is 0 Å². The van der Waals surface area contributed by atoms with E-state index in [4.69, 9.17) is 15.0 Å². The van der Waals surface area contributed by atoms with Crippen LogP contribution < -0.4 is 15.8 Å². The van der Waals surface area contributed by atoms with Gasteiger partial charge in [-0.25, -0.2) is 0 Å². The van der Waals surface area contributed by atoms with Crippen molar-refractivity contribution in [3.8, 4) is 5.75 Å². The average Bonchev–Trinajstić information content (AvgIpc) is 2.77. The quantitative estimate of drug-likeness (QED) is 0.782. The minimum atomic E-state index is 0.575. The van der Waals surface area contributed by atoms with E-state index in [-0.39, 0.29) is 0 Å². The Kier molecular flexibility index (Phi) is 3.66. The van der Waals surface area contributed by atoms with Crippen LogP contribution in [0.4, 0.5) is 11.4 Å². The predicted octanol–water partition coefficient (Wildman–Crippen LogP) is 1.62. The lowest BCUT2D eigenvalue weighted by Crippen LogP contribution is -2.08. The fraction of sp³-hybridized carbons (Fsp3) is 0.333. The molecule has 2 rings (SSSR count). The summed E-state index contributed by atoms with van der Waals surface area (Å²) in [5.41, 5.74) is 7.38. The van der Waals surface area contributed by atoms with E-state index in [2.05, 4.69) is 15.5 Å². The lowest BCUT2D eigenvalue weighted by atomic mass is 10.2. The highest BCUT2D eigenvalue weighted by Crippen LogP contribution is 2.24. The smallest absolute Gasteiger partial charge is 0.223 e. The Balaban J connectivity index is 1.93. The summed E-state index contributed by atoms with van der Waals surface area (Å²) in [5, 5.41) is 7.04. The van der Waals surface area contributed by atoms with Gasteiger partial charge in [0.15, 0.2) is 5.82 Å². The van der Waals surface area contributed by atoms with Crippen molar-refractivity contribution >= 4 is 11.4 Å². The van der Waals surface area contributed by atoms with Gasteiger partial charge < -0.3 is 20.3 Å². The summed E-state index contributed by atoms with van der Waals surface area (Å²) in [7, 11) is 1.62. The molecule has 0 aliphatic carbocycles. The van der Waals surface area contributed by atoms with Crippen LogP contribution in [0.15, 0.2) is 22.7 Å². The normalized spacial score (nSPS) is 10.3. The fourth-order valence-corrected chi connectivity index (χ4v) is 1.57. The molecule has 6 heteroatoms. The first-order valence-electron chi connectivity index (χ1n) is 5.65. The van der Waals surface area contributed by atoms with Crippen molar-refractivity contribution in [2.24, 2.45) is 0 Å². The van der Waals surface area contributed by atoms with Crippen LogP contribution in [0.5, 0.6) is 5.75 Å². The molecule has 0 radical (unpaired) electrons. The second kappa shape index (κ2) is 5.39. The molecule has 0 saturated carbocycles. The first-order chi connectivity index (χ1) is 8.69. The van der Waals surface area contributed by atoms with Gasteiger partial charge in [-0.1, -0.05) is 5.16 Å². The van der Waals surface area contributed by atoms with Crippen molar-refractivity contribution in [1.29, 1.82) is 0 Å². The van der Waals surface area contributed by atoms with Gasteiger partial charge in [0.25, 0.3) is 0 Å². The van der Waals surface area contributed by atoms with Gasteiger partial charge >= 0.3 is 0 Å². The molecule has 2 aromatic rings. The van der Waals surface area contributed by atoms with Gasteiger partial charge in [-0.05, 0) is 12.1 Å². The summed E-state index contributed by atoms with van der Waals surface area (Å²) in [5.74, 6) is 2.02. The van der Waals surface area contributed by atoms with E-state index < -0.39 is 0 Å². The van der Waals surface area contributed by atoms with E-state index in [0.29, 0.717) is 30.4 Å². The molecule has 0 bridgehead atoms. The maximum absolute atomic E-state index is 5.86. The Bertz CT molecular complexity index is 525. The van der Waals surface area contributed by atoms with E-state index in [1.54, 1.807) is 20.1 Å². The molecule has 0 aliphatic heterocycles. The molecule has 0 aliphatic rings. The van der Waals surface area contributed by atoms with Crippen molar-refractivity contribution < 1.29 is 9.26 Å². The van der Waals surface area contributed by atoms with E-state index in [9.17, 15) is 0 Å². The molecule has 18 heavy (non-hydrogen) atoms. The topological polar surface area (TPSA) is 86.2 Å². The summed E-state index contributed by atoms with van der Waals surface area (Å²) in [6.45, 7) is 2.44. The van der Waals surface area contributed by atoms with Gasteiger partial charge in [-0.3, -0.25) is 0 Å². The Hall–Kier alpha value is -2.24. The molecule has 0 amide bonds. The zero-order chi connectivity index (χ0) is 13.0. The van der Waals surface area contributed by atoms with Crippen LogP contribution in [0.2, 0.25) is 0 Å². The molecular formula is C12H16N4O2. The Morgan fingerprint density at radius 2 is 2.28 bits per heavy atom. The highest BCUT2D eigenvalue weighted by atomic mass is 16.5. The van der Waals surface area contributed by atoms with Gasteiger partial charge in [-0.15, -0.1) is 0 Å². The minimum absolute atomic E-state index is 0.575. The summed E-state index contributed by atoms with van der Waals surface area (Å²) < 4.78 is 10.0. The lowest BCUT2D eigenvalue weighted by Gasteiger charge is -2.09. The highest BCUT2D eigenvalue weighted by Gasteiger charge is 2.04. The van der Waals surface area contributed by atoms with E-state index in [1.807, 2.05) is 12.1 Å². The number of anilines is 2. The number of nitrogen functional groups attached to an aromatic ring is 1. The largest absolute Gasteiger partial charge is 0.497 e. The van der Waals surface area contributed by atoms with E-state index in [0.717, 1.165) is 11.4 Å². The number of benzene rings is 1. The van der Waals surface area contributed by atoms with Crippen molar-refractivity contribution in [1.82, 2.24) is 10.1 Å². The van der Waals surface area contributed by atoms with Crippen molar-refractivity contribution in [2.45, 2.75) is 13.3 Å². The standard InChI is InChI=1S/C12H16N4O2/c1-8-15-12(16-18-8)5-6-14-11-7-9(17-2)3-4-10(11)13/h3-4,7,14H,5-6,13H2,1-2H3. The molecule has 0 fully saturated rings. The molecular weight excluding hydrogens is 232 g/mol. The van der Waals surface area contributed by atoms with Crippen LogP contribution in [-0.4, -0.2) is 23.8 Å². The Labute approximate surface area is 105 Å². The number of hydrogen-bond donors (Lipinski definition) is 2. The number of ether oxygens (including phenoxy) is 1. The van der Waals surface area contributed by atoms with Crippen molar-refractivity contribution in [2.75, 3.05) is 24.7 Å². The van der Waals surface area contributed by atoms with Crippen LogP contribution in [0.1, 0.15) is 11.7 Å². The minimum Gasteiger partial charge on any atom is -0.497 e. The number of aryl methyl sites for hydroxylation is 1. The second-order valence-electron chi connectivity index (χ2n) is 3.86. The molecule has 1 aromatic carbocycles. The first kappa shape index (κ1) is 12.2. The zero-order valence-corrected chi connectivity index (χ0v) is 10.4. The summed E-state index contributed by atoms with van der Waals surface area (Å²) >= 11 is 0. The van der Waals surface area contributed by atoms with Gasteiger partial charge in [0.1, 0.15) is 5.75 Å². The number of hydrogen-bond acceptors (Lipinski definition) is 6. The van der Waals surface area contributed by atoms with Crippen LogP contribution in [0.3, 0.4) is 0 Å². The highest BCUT2D eigenvalue weighted by molar-refractivity contribution is 5.68. The monoisotopic (exact) mass is 248 g/mol. The molecule has 6 nitrogen and oxygen atoms in total. The number of nitrogens with zero attached hydrogens (tertiary/aromatic N) is 2. The SMILES string of the molecule is COc1ccc(N)c(NCCc2noc(C)n2)c1. The lowest BCUT2D eigenvalue weighted by molar-refractivity contribution is 0.387. The summed E-state index contributed by atoms with van der Waals surface area (Å²) in [6.07, 6.45) is 0.675. The second-order valence-corrected chi connectivity index (χ2v) is 3.86. The molecule has 1 aromatic heterocycles. The van der Waals surface area contributed by atoms with Gasteiger partial charge in [0, 0.05) is 26.0 Å². The average molecular weight is 248 g/mol. The molecule has 0 atom stereocenters. The summed E-state index contributed by atoms with van der Waals surface area (Å²) in [4.78, 5) is 4.12. The molecule has 0 unspecified atom stereocenters. The van der Waals surface area contributed by atoms with Crippen molar-refractivity contribution in [3.05, 3.63) is 29.9 Å². The van der Waals surface area contributed by atoms with E-state index in [1.165, 1.54) is 0 Å². The van der Waals surface area contributed by atoms with Crippen LogP contribution >= 0.6 is 0 Å².